The maximum Gasteiger partial charge on any atom is 0.293 e. The van der Waals surface area contributed by atoms with Crippen molar-refractivity contribution in [2.75, 3.05) is 18.4 Å². The smallest absolute Gasteiger partial charge is 0.293 e. The molecule has 0 aromatic carbocycles. The molecule has 2 atom stereocenters. The molecule has 1 amide bonds. The number of hydrogen-bond acceptors (Lipinski definition) is 5. The molecule has 1 fully saturated rings. The first-order valence-electron chi connectivity index (χ1n) is 7.61. The minimum absolute atomic E-state index is 0.258. The zero-order valence-corrected chi connectivity index (χ0v) is 13.7. The van der Waals surface area contributed by atoms with Gasteiger partial charge in [-0.3, -0.25) is 15.0 Å². The Labute approximate surface area is 134 Å². The van der Waals surface area contributed by atoms with Crippen molar-refractivity contribution in [3.05, 3.63) is 35.2 Å². The molecular formula is C16H21N3O2S. The second-order valence-corrected chi connectivity index (χ2v) is 7.07. The van der Waals surface area contributed by atoms with Crippen molar-refractivity contribution >= 4 is 22.4 Å². The molecule has 0 spiro atoms. The Kier molecular flexibility index (Phi) is 4.59. The molecule has 5 nitrogen and oxygen atoms in total. The van der Waals surface area contributed by atoms with E-state index >= 15 is 0 Å². The van der Waals surface area contributed by atoms with Gasteiger partial charge in [-0.1, -0.05) is 13.8 Å². The van der Waals surface area contributed by atoms with Gasteiger partial charge in [0.1, 0.15) is 0 Å². The van der Waals surface area contributed by atoms with Crippen molar-refractivity contribution in [1.82, 2.24) is 9.88 Å². The molecule has 1 N–H and O–H groups in total. The maximum atomic E-state index is 11.9. The lowest BCUT2D eigenvalue weighted by Crippen LogP contribution is -2.38. The van der Waals surface area contributed by atoms with Gasteiger partial charge in [-0.25, -0.2) is 4.98 Å². The fourth-order valence-electron chi connectivity index (χ4n) is 3.15. The summed E-state index contributed by atoms with van der Waals surface area (Å²) in [7, 11) is 0. The molecule has 2 aromatic rings. The molecule has 2 aromatic heterocycles. The van der Waals surface area contributed by atoms with Crippen LogP contribution < -0.4 is 5.32 Å². The molecule has 0 unspecified atom stereocenters. The molecule has 118 valence electrons. The van der Waals surface area contributed by atoms with Gasteiger partial charge in [0.15, 0.2) is 10.9 Å². The van der Waals surface area contributed by atoms with Crippen molar-refractivity contribution in [2.24, 2.45) is 11.8 Å². The van der Waals surface area contributed by atoms with Crippen LogP contribution >= 0.6 is 11.3 Å². The Hall–Kier alpha value is -1.66. The van der Waals surface area contributed by atoms with Crippen molar-refractivity contribution in [3.8, 4) is 0 Å². The van der Waals surface area contributed by atoms with E-state index < -0.39 is 0 Å². The van der Waals surface area contributed by atoms with E-state index in [4.69, 9.17) is 4.42 Å². The molecule has 0 aliphatic carbocycles. The van der Waals surface area contributed by atoms with Crippen LogP contribution in [-0.4, -0.2) is 28.9 Å². The van der Waals surface area contributed by atoms with Crippen LogP contribution in [-0.2, 0) is 6.54 Å². The number of nitrogens with one attached hydrogen (secondary N) is 1. The highest BCUT2D eigenvalue weighted by Gasteiger charge is 2.22. The van der Waals surface area contributed by atoms with Crippen LogP contribution in [0.5, 0.6) is 0 Å². The highest BCUT2D eigenvalue weighted by molar-refractivity contribution is 7.13. The Morgan fingerprint density at radius 2 is 2.23 bits per heavy atom. The second kappa shape index (κ2) is 6.62. The zero-order valence-electron chi connectivity index (χ0n) is 12.9. The number of carbonyl (C=O) groups is 1. The number of amides is 1. The van der Waals surface area contributed by atoms with Crippen LogP contribution in [0.1, 0.15) is 36.5 Å². The lowest BCUT2D eigenvalue weighted by atomic mass is 9.92. The fraction of sp³-hybridized carbons (Fsp3) is 0.500. The molecule has 6 heteroatoms. The summed E-state index contributed by atoms with van der Waals surface area (Å²) < 4.78 is 5.08. The third-order valence-corrected chi connectivity index (χ3v) is 4.65. The van der Waals surface area contributed by atoms with E-state index in [1.165, 1.54) is 24.0 Å². The molecule has 0 saturated carbocycles. The van der Waals surface area contributed by atoms with Crippen LogP contribution in [0.4, 0.5) is 5.13 Å². The first-order valence-corrected chi connectivity index (χ1v) is 8.49. The number of nitrogens with zero attached hydrogens (tertiary/aromatic N) is 2. The SMILES string of the molecule is C[C@H]1C[C@H](C)CN(Cc2csc(NC(=O)c3ccco3)n2)C1. The van der Waals surface area contributed by atoms with E-state index in [2.05, 4.69) is 29.0 Å². The molecule has 0 radical (unpaired) electrons. The number of hydrogen-bond donors (Lipinski definition) is 1. The van der Waals surface area contributed by atoms with Crippen LogP contribution in [0.15, 0.2) is 28.2 Å². The number of anilines is 1. The summed E-state index contributed by atoms with van der Waals surface area (Å²) in [4.78, 5) is 18.9. The van der Waals surface area contributed by atoms with Gasteiger partial charge in [0, 0.05) is 25.0 Å². The monoisotopic (exact) mass is 319 g/mol. The quantitative estimate of drug-likeness (QED) is 0.937. The number of aromatic nitrogens is 1. The van der Waals surface area contributed by atoms with Crippen molar-refractivity contribution in [1.29, 1.82) is 0 Å². The number of furan rings is 1. The number of rotatable bonds is 4. The zero-order chi connectivity index (χ0) is 15.5. The van der Waals surface area contributed by atoms with E-state index in [-0.39, 0.29) is 5.91 Å². The Balaban J connectivity index is 1.58. The lowest BCUT2D eigenvalue weighted by Gasteiger charge is -2.34. The van der Waals surface area contributed by atoms with E-state index in [1.807, 2.05) is 5.38 Å². The van der Waals surface area contributed by atoms with Crippen LogP contribution in [0, 0.1) is 11.8 Å². The van der Waals surface area contributed by atoms with Crippen molar-refractivity contribution < 1.29 is 9.21 Å². The molecule has 1 aliphatic heterocycles. The highest BCUT2D eigenvalue weighted by atomic mass is 32.1. The minimum Gasteiger partial charge on any atom is -0.459 e. The molecule has 1 saturated heterocycles. The summed E-state index contributed by atoms with van der Waals surface area (Å²) in [6.45, 7) is 7.70. The summed E-state index contributed by atoms with van der Waals surface area (Å²) in [5.74, 6) is 1.52. The normalized spacial score (nSPS) is 22.6. The molecular weight excluding hydrogens is 298 g/mol. The predicted molar refractivity (Wildman–Crippen MR) is 87.0 cm³/mol. The maximum absolute atomic E-state index is 11.9. The summed E-state index contributed by atoms with van der Waals surface area (Å²) in [6.07, 6.45) is 2.79. The highest BCUT2D eigenvalue weighted by Crippen LogP contribution is 2.24. The average molecular weight is 319 g/mol. The standard InChI is InChI=1S/C16H21N3O2S/c1-11-6-12(2)8-19(7-11)9-13-10-22-16(17-13)18-15(20)14-4-3-5-21-14/h3-5,10-12H,6-9H2,1-2H3,(H,17,18,20)/t11-,12-/m0/s1. The summed E-state index contributed by atoms with van der Waals surface area (Å²) >= 11 is 1.45. The lowest BCUT2D eigenvalue weighted by molar-refractivity contribution is 0.0996. The topological polar surface area (TPSA) is 58.4 Å². The van der Waals surface area contributed by atoms with Crippen LogP contribution in [0.3, 0.4) is 0 Å². The molecule has 22 heavy (non-hydrogen) atoms. The number of carbonyl (C=O) groups excluding carboxylic acids is 1. The van der Waals surface area contributed by atoms with E-state index in [1.54, 1.807) is 12.1 Å². The van der Waals surface area contributed by atoms with E-state index in [0.717, 1.165) is 37.2 Å². The predicted octanol–water partition coefficient (Wildman–Crippen LogP) is 3.47. The van der Waals surface area contributed by atoms with Gasteiger partial charge in [-0.05, 0) is 30.4 Å². The average Bonchev–Trinajstić information content (AvgIpc) is 3.09. The van der Waals surface area contributed by atoms with Gasteiger partial charge < -0.3 is 4.42 Å². The first kappa shape index (κ1) is 15.2. The number of piperidine rings is 1. The largest absolute Gasteiger partial charge is 0.459 e. The summed E-state index contributed by atoms with van der Waals surface area (Å²) in [5.41, 5.74) is 1.01. The third-order valence-electron chi connectivity index (χ3n) is 3.85. The fourth-order valence-corrected chi connectivity index (χ4v) is 3.85. The summed E-state index contributed by atoms with van der Waals surface area (Å²) in [6, 6.07) is 3.33. The minimum atomic E-state index is -0.258. The number of thiazole rings is 1. The van der Waals surface area contributed by atoms with Gasteiger partial charge >= 0.3 is 0 Å². The molecule has 3 heterocycles. The number of likely N-dealkylation sites (tertiary alicyclic amines) is 1. The second-order valence-electron chi connectivity index (χ2n) is 6.22. The van der Waals surface area contributed by atoms with Gasteiger partial charge in [-0.15, -0.1) is 11.3 Å². The Morgan fingerprint density at radius 3 is 2.91 bits per heavy atom. The van der Waals surface area contributed by atoms with Gasteiger partial charge in [0.25, 0.3) is 5.91 Å². The van der Waals surface area contributed by atoms with Crippen molar-refractivity contribution in [2.45, 2.75) is 26.8 Å². The van der Waals surface area contributed by atoms with Crippen LogP contribution in [0.25, 0.3) is 0 Å². The van der Waals surface area contributed by atoms with Crippen LogP contribution in [0.2, 0.25) is 0 Å². The Bertz CT molecular complexity index is 613. The third kappa shape index (κ3) is 3.75. The summed E-state index contributed by atoms with van der Waals surface area (Å²) in [5, 5.41) is 5.41. The molecule has 1 aliphatic rings. The van der Waals surface area contributed by atoms with E-state index in [9.17, 15) is 4.79 Å². The van der Waals surface area contributed by atoms with Crippen molar-refractivity contribution in [3.63, 3.8) is 0 Å². The Morgan fingerprint density at radius 1 is 1.45 bits per heavy atom. The van der Waals surface area contributed by atoms with Gasteiger partial charge in [0.05, 0.1) is 12.0 Å². The molecule has 0 bridgehead atoms. The van der Waals surface area contributed by atoms with Gasteiger partial charge in [0.2, 0.25) is 0 Å². The molecule has 3 rings (SSSR count). The van der Waals surface area contributed by atoms with Gasteiger partial charge in [-0.2, -0.15) is 0 Å². The first-order chi connectivity index (χ1) is 10.6. The van der Waals surface area contributed by atoms with E-state index in [0.29, 0.717) is 10.9 Å².